The molecule has 1 rings (SSSR count). The van der Waals surface area contributed by atoms with E-state index in [-0.39, 0.29) is 6.61 Å². The third-order valence-corrected chi connectivity index (χ3v) is 4.92. The molecule has 0 aliphatic heterocycles. The van der Waals surface area contributed by atoms with E-state index in [1.54, 1.807) is 19.1 Å². The van der Waals surface area contributed by atoms with Crippen molar-refractivity contribution in [2.45, 2.75) is 44.9 Å². The SMILES string of the molecule is CCOC(=O)C(C[Si](C)(C)C)(C(=O)O)c1ccc(C)cc1. The fourth-order valence-corrected chi connectivity index (χ4v) is 4.56. The Balaban J connectivity index is 3.47. The average Bonchev–Trinajstić information content (AvgIpc) is 2.35. The van der Waals surface area contributed by atoms with Crippen molar-refractivity contribution in [1.29, 1.82) is 0 Å². The zero-order chi connectivity index (χ0) is 16.3. The molecule has 116 valence electrons. The first-order chi connectivity index (χ1) is 9.63. The van der Waals surface area contributed by atoms with Gasteiger partial charge in [-0.3, -0.25) is 9.59 Å². The quantitative estimate of drug-likeness (QED) is 0.498. The van der Waals surface area contributed by atoms with Crippen molar-refractivity contribution >= 4 is 20.0 Å². The van der Waals surface area contributed by atoms with Gasteiger partial charge in [0.25, 0.3) is 0 Å². The number of hydrogen-bond acceptors (Lipinski definition) is 3. The van der Waals surface area contributed by atoms with Crippen molar-refractivity contribution in [3.05, 3.63) is 35.4 Å². The normalized spacial score (nSPS) is 14.3. The monoisotopic (exact) mass is 308 g/mol. The van der Waals surface area contributed by atoms with Crippen LogP contribution < -0.4 is 0 Å². The van der Waals surface area contributed by atoms with Crippen LogP contribution in [0.5, 0.6) is 0 Å². The van der Waals surface area contributed by atoms with Crippen molar-refractivity contribution in [3.8, 4) is 0 Å². The van der Waals surface area contributed by atoms with Gasteiger partial charge in [0.15, 0.2) is 5.41 Å². The van der Waals surface area contributed by atoms with Gasteiger partial charge in [0.2, 0.25) is 0 Å². The molecule has 5 heteroatoms. The molecular formula is C16H24O4Si. The second-order valence-electron chi connectivity index (χ2n) is 6.53. The number of carboxylic acid groups (broad SMARTS) is 1. The maximum absolute atomic E-state index is 12.5. The molecule has 1 atom stereocenters. The van der Waals surface area contributed by atoms with Gasteiger partial charge >= 0.3 is 11.9 Å². The summed E-state index contributed by atoms with van der Waals surface area (Å²) < 4.78 is 5.10. The predicted molar refractivity (Wildman–Crippen MR) is 85.3 cm³/mol. The Morgan fingerprint density at radius 1 is 1.19 bits per heavy atom. The highest BCUT2D eigenvalue weighted by atomic mass is 28.3. The second kappa shape index (κ2) is 6.43. The lowest BCUT2D eigenvalue weighted by atomic mass is 9.82. The van der Waals surface area contributed by atoms with Crippen LogP contribution in [-0.4, -0.2) is 31.7 Å². The second-order valence-corrected chi connectivity index (χ2v) is 12.0. The van der Waals surface area contributed by atoms with E-state index in [0.29, 0.717) is 11.6 Å². The smallest absolute Gasteiger partial charge is 0.327 e. The lowest BCUT2D eigenvalue weighted by Gasteiger charge is -2.32. The minimum atomic E-state index is -1.83. The van der Waals surface area contributed by atoms with Gasteiger partial charge in [0.05, 0.1) is 6.61 Å². The largest absolute Gasteiger partial charge is 0.480 e. The highest BCUT2D eigenvalue weighted by Crippen LogP contribution is 2.36. The summed E-state index contributed by atoms with van der Waals surface area (Å²) in [6, 6.07) is 7.42. The summed E-state index contributed by atoms with van der Waals surface area (Å²) >= 11 is 0. The lowest BCUT2D eigenvalue weighted by Crippen LogP contribution is -2.49. The van der Waals surface area contributed by atoms with Crippen molar-refractivity contribution < 1.29 is 19.4 Å². The molecule has 0 aliphatic carbocycles. The van der Waals surface area contributed by atoms with E-state index in [0.717, 1.165) is 5.56 Å². The molecule has 0 heterocycles. The molecular weight excluding hydrogens is 284 g/mol. The molecule has 0 saturated carbocycles. The maximum Gasteiger partial charge on any atom is 0.327 e. The van der Waals surface area contributed by atoms with Crippen LogP contribution in [-0.2, 0) is 19.7 Å². The van der Waals surface area contributed by atoms with Crippen molar-refractivity contribution in [2.24, 2.45) is 0 Å². The number of benzene rings is 1. The molecule has 0 saturated heterocycles. The molecule has 1 aromatic carbocycles. The van der Waals surface area contributed by atoms with Crippen LogP contribution in [0.4, 0.5) is 0 Å². The highest BCUT2D eigenvalue weighted by molar-refractivity contribution is 6.77. The topological polar surface area (TPSA) is 63.6 Å². The van der Waals surface area contributed by atoms with Crippen LogP contribution in [0, 0.1) is 6.92 Å². The summed E-state index contributed by atoms with van der Waals surface area (Å²) in [6.45, 7) is 9.95. The fraction of sp³-hybridized carbons (Fsp3) is 0.500. The molecule has 0 bridgehead atoms. The number of rotatable bonds is 6. The molecule has 0 aromatic heterocycles. The molecule has 4 nitrogen and oxygen atoms in total. The lowest BCUT2D eigenvalue weighted by molar-refractivity contribution is -0.160. The van der Waals surface area contributed by atoms with Crippen LogP contribution in [0.1, 0.15) is 18.1 Å². The molecule has 0 spiro atoms. The molecule has 0 aliphatic rings. The van der Waals surface area contributed by atoms with Gasteiger partial charge in [0.1, 0.15) is 0 Å². The van der Waals surface area contributed by atoms with Gasteiger partial charge in [-0.2, -0.15) is 0 Å². The van der Waals surface area contributed by atoms with Crippen LogP contribution in [0.2, 0.25) is 25.7 Å². The Labute approximate surface area is 127 Å². The molecule has 0 fully saturated rings. The van der Waals surface area contributed by atoms with E-state index in [1.165, 1.54) is 0 Å². The predicted octanol–water partition coefficient (Wildman–Crippen LogP) is 3.22. The van der Waals surface area contributed by atoms with Crippen LogP contribution in [0.25, 0.3) is 0 Å². The van der Waals surface area contributed by atoms with Gasteiger partial charge < -0.3 is 9.84 Å². The zero-order valence-corrected chi connectivity index (χ0v) is 14.4. The number of hydrogen-bond donors (Lipinski definition) is 1. The first kappa shape index (κ1) is 17.4. The number of carbonyl (C=O) groups excluding carboxylic acids is 1. The van der Waals surface area contributed by atoms with Crippen LogP contribution in [0.3, 0.4) is 0 Å². The van der Waals surface area contributed by atoms with Crippen molar-refractivity contribution in [2.75, 3.05) is 6.61 Å². The van der Waals surface area contributed by atoms with E-state index < -0.39 is 25.4 Å². The molecule has 21 heavy (non-hydrogen) atoms. The Morgan fingerprint density at radius 2 is 1.71 bits per heavy atom. The van der Waals surface area contributed by atoms with Crippen LogP contribution in [0.15, 0.2) is 24.3 Å². The summed E-state index contributed by atoms with van der Waals surface area (Å²) in [5.41, 5.74) is -0.0786. The molecule has 1 N–H and O–H groups in total. The maximum atomic E-state index is 12.5. The number of ether oxygens (including phenoxy) is 1. The Kier molecular flexibility index (Phi) is 5.34. The average molecular weight is 308 g/mol. The Hall–Kier alpha value is -1.62. The van der Waals surface area contributed by atoms with Gasteiger partial charge in [0, 0.05) is 8.07 Å². The van der Waals surface area contributed by atoms with E-state index in [4.69, 9.17) is 4.74 Å². The fourth-order valence-electron chi connectivity index (χ4n) is 2.47. The molecule has 1 aromatic rings. The van der Waals surface area contributed by atoms with Crippen molar-refractivity contribution in [3.63, 3.8) is 0 Å². The minimum Gasteiger partial charge on any atom is -0.480 e. The zero-order valence-electron chi connectivity index (χ0n) is 13.4. The standard InChI is InChI=1S/C16H24O4Si/c1-6-20-15(19)16(14(17)18,11-21(3,4)5)13-9-7-12(2)8-10-13/h7-10H,6,11H2,1-5H3,(H,17,18). The Morgan fingerprint density at radius 3 is 2.10 bits per heavy atom. The van der Waals surface area contributed by atoms with Gasteiger partial charge in [-0.1, -0.05) is 49.5 Å². The van der Waals surface area contributed by atoms with Gasteiger partial charge in [-0.25, -0.2) is 0 Å². The van der Waals surface area contributed by atoms with E-state index in [9.17, 15) is 14.7 Å². The number of aryl methyl sites for hydroxylation is 1. The first-order valence-corrected chi connectivity index (χ1v) is 10.8. The van der Waals surface area contributed by atoms with E-state index in [1.807, 2.05) is 19.1 Å². The number of carboxylic acids is 1. The summed E-state index contributed by atoms with van der Waals surface area (Å²) in [6.07, 6.45) is 0. The Bertz CT molecular complexity index is 516. The van der Waals surface area contributed by atoms with Gasteiger partial charge in [-0.05, 0) is 25.5 Å². The first-order valence-electron chi connectivity index (χ1n) is 7.11. The highest BCUT2D eigenvalue weighted by Gasteiger charge is 2.51. The van der Waals surface area contributed by atoms with Gasteiger partial charge in [-0.15, -0.1) is 0 Å². The van der Waals surface area contributed by atoms with Crippen LogP contribution >= 0.6 is 0 Å². The molecule has 0 radical (unpaired) electrons. The van der Waals surface area contributed by atoms with E-state index >= 15 is 0 Å². The third kappa shape index (κ3) is 3.94. The summed E-state index contributed by atoms with van der Waals surface area (Å²) in [4.78, 5) is 24.5. The number of aliphatic carboxylic acids is 1. The van der Waals surface area contributed by atoms with Crippen molar-refractivity contribution in [1.82, 2.24) is 0 Å². The molecule has 0 amide bonds. The summed E-state index contributed by atoms with van der Waals surface area (Å²) in [5.74, 6) is -1.80. The number of carbonyl (C=O) groups is 2. The van der Waals surface area contributed by atoms with E-state index in [2.05, 4.69) is 19.6 Å². The third-order valence-electron chi connectivity index (χ3n) is 3.33. The number of esters is 1. The summed E-state index contributed by atoms with van der Waals surface area (Å²) in [5, 5.41) is 9.83. The molecule has 1 unspecified atom stereocenters. The summed E-state index contributed by atoms with van der Waals surface area (Å²) in [7, 11) is -1.83. The minimum absolute atomic E-state index is 0.172.